The minimum absolute atomic E-state index is 0.161. The van der Waals surface area contributed by atoms with Crippen LogP contribution in [0, 0.1) is 0 Å². The molecule has 1 saturated heterocycles. The smallest absolute Gasteiger partial charge is 0.435 e. The van der Waals surface area contributed by atoms with Crippen molar-refractivity contribution in [1.82, 2.24) is 9.55 Å². The Morgan fingerprint density at radius 2 is 1.56 bits per heavy atom. The van der Waals surface area contributed by atoms with Crippen molar-refractivity contribution in [2.24, 2.45) is 0 Å². The Kier molecular flexibility index (Phi) is 9.39. The van der Waals surface area contributed by atoms with E-state index < -0.39 is 49.5 Å². The summed E-state index contributed by atoms with van der Waals surface area (Å²) in [6, 6.07) is 12.2. The maximum Gasteiger partial charge on any atom is 0.435 e. The second kappa shape index (κ2) is 12.4. The van der Waals surface area contributed by atoms with Crippen LogP contribution in [0.3, 0.4) is 0 Å². The van der Waals surface area contributed by atoms with Gasteiger partial charge < -0.3 is 39.2 Å². The Morgan fingerprint density at radius 1 is 1.07 bits per heavy atom. The van der Waals surface area contributed by atoms with Crippen LogP contribution < -0.4 is 29.9 Å². The van der Waals surface area contributed by atoms with Crippen LogP contribution in [0.5, 0.6) is 23.0 Å². The van der Waals surface area contributed by atoms with E-state index in [1.165, 1.54) is 38.5 Å². The molecule has 0 unspecified atom stereocenters. The van der Waals surface area contributed by atoms with E-state index >= 15 is 0 Å². The summed E-state index contributed by atoms with van der Waals surface area (Å²) >= 11 is 11.5. The van der Waals surface area contributed by atoms with E-state index in [0.717, 1.165) is 6.20 Å². The molecule has 0 spiro atoms. The van der Waals surface area contributed by atoms with Crippen LogP contribution in [0.25, 0.3) is 0 Å². The normalized spacial score (nSPS) is 22.5. The van der Waals surface area contributed by atoms with E-state index in [2.05, 4.69) is 4.98 Å². The van der Waals surface area contributed by atoms with Crippen LogP contribution in [0.2, 0.25) is 5.02 Å². The fourth-order valence-corrected chi connectivity index (χ4v) is 5.90. The number of benzene rings is 2. The second-order valence-corrected chi connectivity index (χ2v) is 11.9. The molecule has 1 aliphatic heterocycles. The lowest BCUT2D eigenvalue weighted by atomic mass is 9.96. The summed E-state index contributed by atoms with van der Waals surface area (Å²) in [5, 5.41) is 21.2. The van der Waals surface area contributed by atoms with Gasteiger partial charge in [-0.2, -0.15) is 4.98 Å². The number of halogens is 3. The highest BCUT2D eigenvalue weighted by Crippen LogP contribution is 2.53. The van der Waals surface area contributed by atoms with Gasteiger partial charge in [0, 0.05) is 18.0 Å². The molecule has 0 bridgehead atoms. The molecular weight excluding hydrogens is 611 g/mol. The predicted octanol–water partition coefficient (Wildman–Crippen LogP) is 3.15. The van der Waals surface area contributed by atoms with Gasteiger partial charge in [0.2, 0.25) is 0 Å². The quantitative estimate of drug-likeness (QED) is 0.265. The number of ether oxygens (including phenoxy) is 3. The third-order valence-electron chi connectivity index (χ3n) is 6.04. The number of aromatic nitrogens is 2. The highest BCUT2D eigenvalue weighted by Gasteiger charge is 2.61. The molecule has 222 valence electrons. The van der Waals surface area contributed by atoms with Gasteiger partial charge in [0.1, 0.15) is 41.0 Å². The van der Waals surface area contributed by atoms with Crippen molar-refractivity contribution in [3.05, 3.63) is 70.2 Å². The first kappa shape index (κ1) is 30.9. The van der Waals surface area contributed by atoms with Crippen molar-refractivity contribution in [1.29, 1.82) is 0 Å². The Labute approximate surface area is 242 Å². The van der Waals surface area contributed by atoms with E-state index in [9.17, 15) is 23.8 Å². The SMILES string of the molecule is COc1ccc(OP(=S)(OC[C@@]2(C(F)F)O[C@@H](n3cc(Cl)c(N)nc3=O)[C@@H](O)[C@@H]2O)Oc2ccc(OC)cc2)cc1. The van der Waals surface area contributed by atoms with Crippen molar-refractivity contribution in [2.45, 2.75) is 30.5 Å². The Bertz CT molecular complexity index is 1410. The predicted molar refractivity (Wildman–Crippen MR) is 146 cm³/mol. The Balaban J connectivity index is 1.65. The van der Waals surface area contributed by atoms with Crippen LogP contribution in [0.1, 0.15) is 6.23 Å². The molecule has 0 radical (unpaired) electrons. The van der Waals surface area contributed by atoms with Gasteiger partial charge in [0.05, 0.1) is 25.8 Å². The molecule has 4 N–H and O–H groups in total. The summed E-state index contributed by atoms with van der Waals surface area (Å²) in [5.74, 6) is 1.02. The third-order valence-corrected chi connectivity index (χ3v) is 8.40. The van der Waals surface area contributed by atoms with Crippen LogP contribution in [0.15, 0.2) is 59.5 Å². The zero-order chi connectivity index (χ0) is 29.9. The highest BCUT2D eigenvalue weighted by molar-refractivity contribution is 8.07. The first-order valence-electron chi connectivity index (χ1n) is 11.7. The molecule has 4 rings (SSSR count). The van der Waals surface area contributed by atoms with Gasteiger partial charge in [-0.1, -0.05) is 11.6 Å². The summed E-state index contributed by atoms with van der Waals surface area (Å²) < 4.78 is 62.8. The van der Waals surface area contributed by atoms with Gasteiger partial charge in [-0.3, -0.25) is 9.09 Å². The molecule has 1 aliphatic rings. The molecule has 3 aromatic rings. The van der Waals surface area contributed by atoms with Gasteiger partial charge in [0.15, 0.2) is 11.8 Å². The largest absolute Gasteiger partial charge is 0.497 e. The lowest BCUT2D eigenvalue weighted by Gasteiger charge is -2.33. The van der Waals surface area contributed by atoms with Gasteiger partial charge in [0.25, 0.3) is 6.43 Å². The molecule has 2 heterocycles. The minimum Gasteiger partial charge on any atom is -0.497 e. The lowest BCUT2D eigenvalue weighted by molar-refractivity contribution is -0.192. The van der Waals surface area contributed by atoms with E-state index in [0.29, 0.717) is 16.1 Å². The van der Waals surface area contributed by atoms with Crippen LogP contribution >= 0.6 is 18.3 Å². The number of aliphatic hydroxyl groups excluding tert-OH is 2. The number of methoxy groups -OCH3 is 2. The monoisotopic (exact) mass is 635 g/mol. The van der Waals surface area contributed by atoms with Crippen molar-refractivity contribution in [3.8, 4) is 23.0 Å². The van der Waals surface area contributed by atoms with E-state index in [1.807, 2.05) is 0 Å². The number of rotatable bonds is 11. The zero-order valence-corrected chi connectivity index (χ0v) is 23.9. The Morgan fingerprint density at radius 3 is 2.02 bits per heavy atom. The molecule has 17 heteroatoms. The standard InChI is InChI=1S/C24H25ClF2N3O9PS/c1-34-13-3-7-15(8-4-13)38-40(41,39-16-9-5-14(35-2)6-10-16)36-12-24(22(26)27)19(32)18(31)21(37-24)30-11-17(25)20(28)29-23(30)33/h3-11,18-19,21-22,31-32H,12H2,1-2H3,(H2,28,29,33)/t18-,19-,21+,24+/m0/s1. The number of hydrogen-bond donors (Lipinski definition) is 3. The molecule has 41 heavy (non-hydrogen) atoms. The fraction of sp³-hybridized carbons (Fsp3) is 0.333. The van der Waals surface area contributed by atoms with Crippen molar-refractivity contribution < 1.29 is 46.8 Å². The first-order valence-corrected chi connectivity index (χ1v) is 14.6. The fourth-order valence-electron chi connectivity index (χ4n) is 3.82. The molecule has 1 aromatic heterocycles. The molecule has 1 fully saturated rings. The van der Waals surface area contributed by atoms with Crippen LogP contribution in [0.4, 0.5) is 14.6 Å². The average Bonchev–Trinajstić information content (AvgIpc) is 3.21. The maximum absolute atomic E-state index is 14.6. The molecular formula is C24H25ClF2N3O9PS. The molecule has 0 saturated carbocycles. The molecule has 12 nitrogen and oxygen atoms in total. The van der Waals surface area contributed by atoms with Crippen molar-refractivity contribution in [3.63, 3.8) is 0 Å². The summed E-state index contributed by atoms with van der Waals surface area (Å²) in [5.41, 5.74) is 1.56. The summed E-state index contributed by atoms with van der Waals surface area (Å²) in [7, 11) is 2.94. The number of nitrogen functional groups attached to an aromatic ring is 1. The number of hydrogen-bond acceptors (Lipinski definition) is 12. The van der Waals surface area contributed by atoms with Crippen LogP contribution in [-0.4, -0.2) is 64.8 Å². The van der Waals surface area contributed by atoms with Crippen LogP contribution in [-0.2, 0) is 21.1 Å². The maximum atomic E-state index is 14.6. The number of aliphatic hydroxyl groups is 2. The van der Waals surface area contributed by atoms with E-state index in [-0.39, 0.29) is 22.3 Å². The molecule has 2 aromatic carbocycles. The molecule has 0 amide bonds. The highest BCUT2D eigenvalue weighted by atomic mass is 35.5. The van der Waals surface area contributed by atoms with E-state index in [4.69, 9.17) is 56.9 Å². The zero-order valence-electron chi connectivity index (χ0n) is 21.4. The topological polar surface area (TPSA) is 157 Å². The molecule has 4 atom stereocenters. The number of nitrogens with two attached hydrogens (primary N) is 1. The second-order valence-electron chi connectivity index (χ2n) is 8.62. The first-order chi connectivity index (χ1) is 19.4. The number of alkyl halides is 2. The lowest BCUT2D eigenvalue weighted by Crippen LogP contribution is -2.52. The number of anilines is 1. The van der Waals surface area contributed by atoms with Gasteiger partial charge >= 0.3 is 12.4 Å². The van der Waals surface area contributed by atoms with Crippen molar-refractivity contribution >= 4 is 35.9 Å². The van der Waals surface area contributed by atoms with Gasteiger partial charge in [-0.05, 0) is 48.5 Å². The van der Waals surface area contributed by atoms with Crippen molar-refractivity contribution in [2.75, 3.05) is 26.6 Å². The summed E-state index contributed by atoms with van der Waals surface area (Å²) in [4.78, 5) is 15.8. The molecule has 0 aliphatic carbocycles. The summed E-state index contributed by atoms with van der Waals surface area (Å²) in [6.07, 6.45) is -8.63. The Hall–Kier alpha value is -3.04. The van der Waals surface area contributed by atoms with E-state index in [1.54, 1.807) is 24.3 Å². The minimum atomic E-state index is -3.98. The number of nitrogens with zero attached hydrogens (tertiary/aromatic N) is 2. The van der Waals surface area contributed by atoms with Gasteiger partial charge in [-0.15, -0.1) is 0 Å². The third kappa shape index (κ3) is 6.56. The average molecular weight is 636 g/mol. The summed E-state index contributed by atoms with van der Waals surface area (Å²) in [6.45, 7) is -5.10. The van der Waals surface area contributed by atoms with Gasteiger partial charge in [-0.25, -0.2) is 13.6 Å².